The molecule has 1 fully saturated rings. The summed E-state index contributed by atoms with van der Waals surface area (Å²) >= 11 is 0. The summed E-state index contributed by atoms with van der Waals surface area (Å²) in [7, 11) is 0. The van der Waals surface area contributed by atoms with E-state index in [1.165, 1.54) is 6.07 Å². The molecule has 5 heteroatoms. The fraction of sp³-hybridized carbons (Fsp3) is 0.533. The lowest BCUT2D eigenvalue weighted by atomic mass is 9.93. The van der Waals surface area contributed by atoms with Gasteiger partial charge in [0.15, 0.2) is 11.6 Å². The van der Waals surface area contributed by atoms with Gasteiger partial charge >= 0.3 is 0 Å². The van der Waals surface area contributed by atoms with Crippen LogP contribution >= 0.6 is 0 Å². The average Bonchev–Trinajstić information content (AvgIpc) is 2.30. The zero-order chi connectivity index (χ0) is 14.9. The third-order valence-electron chi connectivity index (χ3n) is 3.25. The molecule has 2 rings (SSSR count). The number of hydrogen-bond donors (Lipinski definition) is 0. The monoisotopic (exact) mass is 283 g/mol. The number of rotatable bonds is 3. The topological polar surface area (TPSA) is 29.5 Å². The van der Waals surface area contributed by atoms with Crippen LogP contribution < -0.4 is 0 Å². The van der Waals surface area contributed by atoms with Gasteiger partial charge in [-0.3, -0.25) is 4.79 Å². The highest BCUT2D eigenvalue weighted by Gasteiger charge is 2.36. The van der Waals surface area contributed by atoms with Gasteiger partial charge in [0.05, 0.1) is 12.7 Å². The Bertz CT molecular complexity index is 505. The molecule has 0 radical (unpaired) electrons. The van der Waals surface area contributed by atoms with Crippen molar-refractivity contribution in [2.75, 3.05) is 13.1 Å². The SMILES string of the molecule is CC(C)(C)C(=O)N1CC(OCc2ccc(F)c(F)c2)C1. The predicted octanol–water partition coefficient (Wildman–Crippen LogP) is 2.74. The zero-order valence-corrected chi connectivity index (χ0v) is 12.0. The molecule has 0 aliphatic carbocycles. The summed E-state index contributed by atoms with van der Waals surface area (Å²) in [5, 5.41) is 0. The van der Waals surface area contributed by atoms with E-state index in [-0.39, 0.29) is 24.0 Å². The largest absolute Gasteiger partial charge is 0.370 e. The van der Waals surface area contributed by atoms with E-state index in [4.69, 9.17) is 4.74 Å². The molecule has 0 N–H and O–H groups in total. The fourth-order valence-electron chi connectivity index (χ4n) is 2.03. The molecular formula is C15H19F2NO2. The van der Waals surface area contributed by atoms with Gasteiger partial charge in [-0.05, 0) is 17.7 Å². The number of carbonyl (C=O) groups excluding carboxylic acids is 1. The standard InChI is InChI=1S/C15H19F2NO2/c1-15(2,3)14(19)18-7-11(8-18)20-9-10-4-5-12(16)13(17)6-10/h4-6,11H,7-9H2,1-3H3. The Morgan fingerprint density at radius 2 is 1.95 bits per heavy atom. The minimum atomic E-state index is -0.871. The van der Waals surface area contributed by atoms with Gasteiger partial charge in [0, 0.05) is 18.5 Å². The highest BCUT2D eigenvalue weighted by molar-refractivity contribution is 5.82. The van der Waals surface area contributed by atoms with Gasteiger partial charge < -0.3 is 9.64 Å². The van der Waals surface area contributed by atoms with Crippen molar-refractivity contribution in [1.29, 1.82) is 0 Å². The molecule has 0 atom stereocenters. The van der Waals surface area contributed by atoms with Crippen molar-refractivity contribution in [2.45, 2.75) is 33.5 Å². The summed E-state index contributed by atoms with van der Waals surface area (Å²) in [6.07, 6.45) is -0.0329. The van der Waals surface area contributed by atoms with E-state index in [9.17, 15) is 13.6 Å². The van der Waals surface area contributed by atoms with Crippen LogP contribution in [0.25, 0.3) is 0 Å². The van der Waals surface area contributed by atoms with Crippen LogP contribution in [0.3, 0.4) is 0 Å². The van der Waals surface area contributed by atoms with Gasteiger partial charge in [0.25, 0.3) is 0 Å². The van der Waals surface area contributed by atoms with E-state index in [1.807, 2.05) is 20.8 Å². The number of carbonyl (C=O) groups is 1. The molecule has 1 heterocycles. The van der Waals surface area contributed by atoms with Gasteiger partial charge in [-0.2, -0.15) is 0 Å². The van der Waals surface area contributed by atoms with E-state index in [1.54, 1.807) is 4.90 Å². The average molecular weight is 283 g/mol. The molecule has 1 aliphatic heterocycles. The molecule has 1 aromatic carbocycles. The van der Waals surface area contributed by atoms with Crippen molar-refractivity contribution in [3.05, 3.63) is 35.4 Å². The molecule has 1 aliphatic rings. The van der Waals surface area contributed by atoms with E-state index in [0.717, 1.165) is 12.1 Å². The van der Waals surface area contributed by atoms with Gasteiger partial charge in [-0.1, -0.05) is 26.8 Å². The lowest BCUT2D eigenvalue weighted by Gasteiger charge is -2.42. The minimum Gasteiger partial charge on any atom is -0.370 e. The third kappa shape index (κ3) is 3.33. The number of hydrogen-bond acceptors (Lipinski definition) is 2. The summed E-state index contributed by atoms with van der Waals surface area (Å²) < 4.78 is 31.4. The first-order chi connectivity index (χ1) is 9.27. The highest BCUT2D eigenvalue weighted by Crippen LogP contribution is 2.23. The first kappa shape index (κ1) is 14.9. The van der Waals surface area contributed by atoms with Gasteiger partial charge in [0.2, 0.25) is 5.91 Å². The Morgan fingerprint density at radius 3 is 2.50 bits per heavy atom. The van der Waals surface area contributed by atoms with E-state index in [0.29, 0.717) is 18.7 Å². The highest BCUT2D eigenvalue weighted by atomic mass is 19.2. The second kappa shape index (κ2) is 5.48. The minimum absolute atomic E-state index is 0.0329. The maximum absolute atomic E-state index is 13.0. The second-order valence-electron chi connectivity index (χ2n) is 6.14. The molecule has 1 saturated heterocycles. The molecule has 1 amide bonds. The molecule has 1 aromatic rings. The number of benzene rings is 1. The van der Waals surface area contributed by atoms with Crippen molar-refractivity contribution in [3.8, 4) is 0 Å². The summed E-state index contributed by atoms with van der Waals surface area (Å²) in [6.45, 7) is 6.97. The van der Waals surface area contributed by atoms with Crippen LogP contribution in [0.4, 0.5) is 8.78 Å². The molecule has 3 nitrogen and oxygen atoms in total. The van der Waals surface area contributed by atoms with Crippen molar-refractivity contribution in [3.63, 3.8) is 0 Å². The summed E-state index contributed by atoms with van der Waals surface area (Å²) in [5.74, 6) is -1.63. The third-order valence-corrected chi connectivity index (χ3v) is 3.25. The second-order valence-corrected chi connectivity index (χ2v) is 6.14. The molecule has 0 unspecified atom stereocenters. The number of nitrogens with zero attached hydrogens (tertiary/aromatic N) is 1. The van der Waals surface area contributed by atoms with Crippen LogP contribution in [0.5, 0.6) is 0 Å². The van der Waals surface area contributed by atoms with Gasteiger partial charge in [-0.15, -0.1) is 0 Å². The van der Waals surface area contributed by atoms with E-state index in [2.05, 4.69) is 0 Å². The first-order valence-corrected chi connectivity index (χ1v) is 6.62. The van der Waals surface area contributed by atoms with Crippen molar-refractivity contribution < 1.29 is 18.3 Å². The Balaban J connectivity index is 1.78. The van der Waals surface area contributed by atoms with Crippen LogP contribution in [-0.4, -0.2) is 30.0 Å². The smallest absolute Gasteiger partial charge is 0.228 e. The molecule has 20 heavy (non-hydrogen) atoms. The number of likely N-dealkylation sites (tertiary alicyclic amines) is 1. The number of halogens is 2. The molecule has 0 bridgehead atoms. The lowest BCUT2D eigenvalue weighted by Crippen LogP contribution is -2.57. The van der Waals surface area contributed by atoms with Crippen molar-refractivity contribution >= 4 is 5.91 Å². The zero-order valence-electron chi connectivity index (χ0n) is 12.0. The van der Waals surface area contributed by atoms with Gasteiger partial charge in [0.1, 0.15) is 0 Å². The summed E-state index contributed by atoms with van der Waals surface area (Å²) in [4.78, 5) is 13.7. The maximum Gasteiger partial charge on any atom is 0.228 e. The Morgan fingerprint density at radius 1 is 1.30 bits per heavy atom. The summed E-state index contributed by atoms with van der Waals surface area (Å²) in [6, 6.07) is 3.71. The van der Waals surface area contributed by atoms with Crippen LogP contribution in [0.1, 0.15) is 26.3 Å². The number of amides is 1. The lowest BCUT2D eigenvalue weighted by molar-refractivity contribution is -0.154. The maximum atomic E-state index is 13.0. The Hall–Kier alpha value is -1.49. The molecule has 0 spiro atoms. The van der Waals surface area contributed by atoms with E-state index < -0.39 is 11.6 Å². The van der Waals surface area contributed by atoms with Crippen LogP contribution in [0.15, 0.2) is 18.2 Å². The fourth-order valence-corrected chi connectivity index (χ4v) is 2.03. The van der Waals surface area contributed by atoms with Crippen LogP contribution in [-0.2, 0) is 16.1 Å². The molecule has 110 valence electrons. The summed E-state index contributed by atoms with van der Waals surface area (Å²) in [5.41, 5.74) is 0.204. The number of ether oxygens (including phenoxy) is 1. The van der Waals surface area contributed by atoms with Gasteiger partial charge in [-0.25, -0.2) is 8.78 Å². The van der Waals surface area contributed by atoms with E-state index >= 15 is 0 Å². The quantitative estimate of drug-likeness (QED) is 0.853. The molecular weight excluding hydrogens is 264 g/mol. The normalized spacial score (nSPS) is 16.1. The molecule has 0 saturated carbocycles. The first-order valence-electron chi connectivity index (χ1n) is 6.62. The predicted molar refractivity (Wildman–Crippen MR) is 71.0 cm³/mol. The van der Waals surface area contributed by atoms with Crippen molar-refractivity contribution in [2.24, 2.45) is 5.41 Å². The molecule has 0 aromatic heterocycles. The van der Waals surface area contributed by atoms with Crippen molar-refractivity contribution in [1.82, 2.24) is 4.90 Å². The Kier molecular flexibility index (Phi) is 4.09. The Labute approximate surface area is 117 Å². The van der Waals surface area contributed by atoms with Crippen LogP contribution in [0, 0.1) is 17.0 Å². The van der Waals surface area contributed by atoms with Crippen LogP contribution in [0.2, 0.25) is 0 Å².